The molecule has 2 rings (SSSR count). The number of anilines is 1. The van der Waals surface area contributed by atoms with Crippen LogP contribution in [0.25, 0.3) is 0 Å². The van der Waals surface area contributed by atoms with Crippen LogP contribution in [-0.2, 0) is 0 Å². The number of nitriles is 1. The van der Waals surface area contributed by atoms with Crippen molar-refractivity contribution in [2.45, 2.75) is 13.0 Å². The van der Waals surface area contributed by atoms with Crippen LogP contribution in [0, 0.1) is 11.3 Å². The minimum Gasteiger partial charge on any atom is -0.369 e. The maximum absolute atomic E-state index is 8.84. The molecule has 17 heavy (non-hydrogen) atoms. The second kappa shape index (κ2) is 4.95. The molecule has 1 heterocycles. The predicted octanol–water partition coefficient (Wildman–Crippen LogP) is 2.35. The van der Waals surface area contributed by atoms with Crippen molar-refractivity contribution in [3.05, 3.63) is 28.8 Å². The van der Waals surface area contributed by atoms with Crippen LogP contribution in [0.3, 0.4) is 0 Å². The lowest BCUT2D eigenvalue weighted by atomic mass is 10.1. The summed E-state index contributed by atoms with van der Waals surface area (Å²) >= 11 is 6.05. The Morgan fingerprint density at radius 2 is 2.18 bits per heavy atom. The van der Waals surface area contributed by atoms with E-state index in [4.69, 9.17) is 16.9 Å². The third kappa shape index (κ3) is 2.54. The minimum atomic E-state index is 0.539. The van der Waals surface area contributed by atoms with E-state index in [-0.39, 0.29) is 0 Å². The fraction of sp³-hybridized carbons (Fsp3) is 0.462. The third-order valence-corrected chi connectivity index (χ3v) is 3.71. The van der Waals surface area contributed by atoms with Crippen LogP contribution in [0.1, 0.15) is 12.5 Å². The zero-order chi connectivity index (χ0) is 12.4. The number of hydrogen-bond donors (Lipinski definition) is 0. The molecule has 3 nitrogen and oxygen atoms in total. The first kappa shape index (κ1) is 12.2. The molecule has 1 aromatic rings. The molecule has 1 saturated heterocycles. The highest BCUT2D eigenvalue weighted by molar-refractivity contribution is 6.32. The van der Waals surface area contributed by atoms with Gasteiger partial charge in [-0.3, -0.25) is 0 Å². The van der Waals surface area contributed by atoms with Gasteiger partial charge in [0, 0.05) is 31.4 Å². The van der Waals surface area contributed by atoms with E-state index in [2.05, 4.69) is 29.8 Å². The van der Waals surface area contributed by atoms with Crippen LogP contribution >= 0.6 is 11.6 Å². The molecule has 0 aromatic heterocycles. The number of hydrogen-bond acceptors (Lipinski definition) is 3. The number of halogens is 1. The van der Waals surface area contributed by atoms with Gasteiger partial charge < -0.3 is 9.80 Å². The monoisotopic (exact) mass is 249 g/mol. The Bertz CT molecular complexity index is 452. The van der Waals surface area contributed by atoms with Gasteiger partial charge in [0.15, 0.2) is 0 Å². The highest BCUT2D eigenvalue weighted by atomic mass is 35.5. The molecule has 0 spiro atoms. The zero-order valence-corrected chi connectivity index (χ0v) is 10.9. The van der Waals surface area contributed by atoms with E-state index >= 15 is 0 Å². The molecule has 1 aliphatic rings. The van der Waals surface area contributed by atoms with Gasteiger partial charge in [-0.2, -0.15) is 5.26 Å². The lowest BCUT2D eigenvalue weighted by Gasteiger charge is -2.39. The van der Waals surface area contributed by atoms with Gasteiger partial charge in [0.05, 0.1) is 10.6 Å². The second-order valence-electron chi connectivity index (χ2n) is 4.55. The van der Waals surface area contributed by atoms with Gasteiger partial charge in [0.25, 0.3) is 0 Å². The molecule has 1 unspecified atom stereocenters. The molecule has 0 radical (unpaired) electrons. The number of nitrogens with zero attached hydrogens (tertiary/aromatic N) is 3. The maximum atomic E-state index is 8.84. The van der Waals surface area contributed by atoms with Crippen molar-refractivity contribution in [2.24, 2.45) is 0 Å². The van der Waals surface area contributed by atoms with Gasteiger partial charge in [0.2, 0.25) is 0 Å². The van der Waals surface area contributed by atoms with E-state index in [1.807, 2.05) is 12.1 Å². The van der Waals surface area contributed by atoms with Crippen LogP contribution in [0.4, 0.5) is 5.69 Å². The Morgan fingerprint density at radius 3 is 2.76 bits per heavy atom. The number of benzene rings is 1. The van der Waals surface area contributed by atoms with Crippen LogP contribution in [0.15, 0.2) is 18.2 Å². The summed E-state index contributed by atoms with van der Waals surface area (Å²) < 4.78 is 0. The van der Waals surface area contributed by atoms with E-state index in [9.17, 15) is 0 Å². The summed E-state index contributed by atoms with van der Waals surface area (Å²) in [4.78, 5) is 4.67. The Hall–Kier alpha value is -1.24. The van der Waals surface area contributed by atoms with Crippen LogP contribution in [0.5, 0.6) is 0 Å². The summed E-state index contributed by atoms with van der Waals surface area (Å²) in [7, 11) is 2.15. The van der Waals surface area contributed by atoms with Gasteiger partial charge in [-0.25, -0.2) is 0 Å². The summed E-state index contributed by atoms with van der Waals surface area (Å²) in [6, 6.07) is 8.28. The molecule has 90 valence electrons. The largest absolute Gasteiger partial charge is 0.369 e. The highest BCUT2D eigenvalue weighted by Gasteiger charge is 2.21. The van der Waals surface area contributed by atoms with Gasteiger partial charge in [-0.15, -0.1) is 0 Å². The topological polar surface area (TPSA) is 30.3 Å². The smallest absolute Gasteiger partial charge is 0.101 e. The Morgan fingerprint density at radius 1 is 1.41 bits per heavy atom. The molecule has 1 aromatic carbocycles. The molecule has 0 aliphatic carbocycles. The lowest BCUT2D eigenvalue weighted by Crippen LogP contribution is -2.50. The van der Waals surface area contributed by atoms with Crippen LogP contribution in [0.2, 0.25) is 5.02 Å². The van der Waals surface area contributed by atoms with E-state index < -0.39 is 0 Å². The van der Waals surface area contributed by atoms with Crippen molar-refractivity contribution in [1.82, 2.24) is 4.90 Å². The summed E-state index contributed by atoms with van der Waals surface area (Å²) in [5, 5.41) is 9.38. The van der Waals surface area contributed by atoms with E-state index in [1.54, 1.807) is 6.07 Å². The molecule has 0 bridgehead atoms. The average Bonchev–Trinajstić information content (AvgIpc) is 2.32. The Balaban J connectivity index is 2.18. The molecule has 4 heteroatoms. The normalized spacial score (nSPS) is 21.3. The first-order chi connectivity index (χ1) is 8.11. The van der Waals surface area contributed by atoms with E-state index in [0.717, 1.165) is 25.3 Å². The van der Waals surface area contributed by atoms with Crippen molar-refractivity contribution in [2.75, 3.05) is 31.6 Å². The van der Waals surface area contributed by atoms with Gasteiger partial charge in [0.1, 0.15) is 6.07 Å². The Kier molecular flexibility index (Phi) is 3.56. The van der Waals surface area contributed by atoms with Crippen LogP contribution < -0.4 is 4.90 Å². The molecule has 1 fully saturated rings. The average molecular weight is 250 g/mol. The summed E-state index contributed by atoms with van der Waals surface area (Å²) in [6.45, 7) is 5.28. The predicted molar refractivity (Wildman–Crippen MR) is 70.5 cm³/mol. The summed E-state index contributed by atoms with van der Waals surface area (Å²) in [5.41, 5.74) is 1.64. The summed E-state index contributed by atoms with van der Waals surface area (Å²) in [5.74, 6) is 0. The highest BCUT2D eigenvalue weighted by Crippen LogP contribution is 2.24. The maximum Gasteiger partial charge on any atom is 0.101 e. The fourth-order valence-electron chi connectivity index (χ4n) is 2.07. The van der Waals surface area contributed by atoms with Gasteiger partial charge >= 0.3 is 0 Å². The van der Waals surface area contributed by atoms with E-state index in [0.29, 0.717) is 16.6 Å². The molecule has 0 saturated carbocycles. The summed E-state index contributed by atoms with van der Waals surface area (Å²) in [6.07, 6.45) is 0. The molecule has 0 amide bonds. The molecular weight excluding hydrogens is 234 g/mol. The SMILES string of the molecule is CC1CN(c2ccc(C#N)c(Cl)c2)CCN1C. The number of piperazine rings is 1. The van der Waals surface area contributed by atoms with Crippen molar-refractivity contribution < 1.29 is 0 Å². The molecule has 1 aliphatic heterocycles. The van der Waals surface area contributed by atoms with Crippen molar-refractivity contribution in [3.63, 3.8) is 0 Å². The van der Waals surface area contributed by atoms with Crippen molar-refractivity contribution in [1.29, 1.82) is 5.26 Å². The first-order valence-corrected chi connectivity index (χ1v) is 6.14. The standard InChI is InChI=1S/C13H16ClN3/c1-10-9-17(6-5-16(10)2)12-4-3-11(8-15)13(14)7-12/h3-4,7,10H,5-6,9H2,1-2H3. The minimum absolute atomic E-state index is 0.539. The molecule has 0 N–H and O–H groups in total. The van der Waals surface area contributed by atoms with Crippen LogP contribution in [-0.4, -0.2) is 37.6 Å². The first-order valence-electron chi connectivity index (χ1n) is 5.76. The number of rotatable bonds is 1. The molecular formula is C13H16ClN3. The van der Waals surface area contributed by atoms with Crippen molar-refractivity contribution >= 4 is 17.3 Å². The lowest BCUT2D eigenvalue weighted by molar-refractivity contribution is 0.234. The van der Waals surface area contributed by atoms with E-state index in [1.165, 1.54) is 0 Å². The quantitative estimate of drug-likeness (QED) is 0.766. The fourth-order valence-corrected chi connectivity index (χ4v) is 2.29. The zero-order valence-electron chi connectivity index (χ0n) is 10.2. The molecule has 1 atom stereocenters. The number of likely N-dealkylation sites (N-methyl/N-ethyl adjacent to an activating group) is 1. The second-order valence-corrected chi connectivity index (χ2v) is 4.96. The Labute approximate surface area is 107 Å². The van der Waals surface area contributed by atoms with Gasteiger partial charge in [-0.05, 0) is 32.2 Å². The van der Waals surface area contributed by atoms with Crippen molar-refractivity contribution in [3.8, 4) is 6.07 Å². The van der Waals surface area contributed by atoms with Gasteiger partial charge in [-0.1, -0.05) is 11.6 Å². The third-order valence-electron chi connectivity index (χ3n) is 3.40.